The van der Waals surface area contributed by atoms with Gasteiger partial charge in [0.1, 0.15) is 0 Å². The quantitative estimate of drug-likeness (QED) is 0.459. The molecule has 0 saturated heterocycles. The summed E-state index contributed by atoms with van der Waals surface area (Å²) in [5.41, 5.74) is 5.96. The molecule has 0 amide bonds. The summed E-state index contributed by atoms with van der Waals surface area (Å²) in [5, 5.41) is 0. The fourth-order valence-corrected chi connectivity index (χ4v) is 3.45. The smallest absolute Gasteiger partial charge is 0.0424 e. The van der Waals surface area contributed by atoms with Crippen molar-refractivity contribution in [3.63, 3.8) is 0 Å². The van der Waals surface area contributed by atoms with E-state index in [9.17, 15) is 0 Å². The minimum Gasteiger partial charge on any atom is -0.271 e. The van der Waals surface area contributed by atoms with Crippen molar-refractivity contribution in [2.24, 2.45) is 17.7 Å². The van der Waals surface area contributed by atoms with E-state index in [0.717, 1.165) is 5.92 Å². The third-order valence-electron chi connectivity index (χ3n) is 4.25. The molecule has 3 N–H and O–H groups in total. The van der Waals surface area contributed by atoms with Gasteiger partial charge in [0.05, 0.1) is 0 Å². The molecule has 4 unspecified atom stereocenters. The Kier molecular flexibility index (Phi) is 2.34. The summed E-state index contributed by atoms with van der Waals surface area (Å²) < 4.78 is 0. The van der Waals surface area contributed by atoms with Crippen LogP contribution in [0.2, 0.25) is 0 Å². The maximum Gasteiger partial charge on any atom is 0.0424 e. The summed E-state index contributed by atoms with van der Waals surface area (Å²) in [7, 11) is 0. The van der Waals surface area contributed by atoms with Crippen molar-refractivity contribution in [1.29, 1.82) is 0 Å². The predicted molar refractivity (Wildman–Crippen MR) is 65.8 cm³/mol. The molecule has 2 heteroatoms. The van der Waals surface area contributed by atoms with Crippen LogP contribution in [0.3, 0.4) is 0 Å². The Morgan fingerprint density at radius 2 is 2.25 bits per heavy atom. The van der Waals surface area contributed by atoms with Crippen LogP contribution in [0.4, 0.5) is 0 Å². The first-order valence-corrected chi connectivity index (χ1v) is 6.03. The summed E-state index contributed by atoms with van der Waals surface area (Å²) in [6.45, 7) is 3.86. The van der Waals surface area contributed by atoms with Crippen molar-refractivity contribution in [2.45, 2.75) is 24.8 Å². The maximum absolute atomic E-state index is 5.58. The van der Waals surface area contributed by atoms with E-state index in [1.165, 1.54) is 18.4 Å². The van der Waals surface area contributed by atoms with Crippen LogP contribution >= 0.6 is 0 Å². The van der Waals surface area contributed by atoms with Gasteiger partial charge in [-0.1, -0.05) is 30.3 Å². The Morgan fingerprint density at radius 1 is 1.44 bits per heavy atom. The molecule has 0 aromatic heterocycles. The van der Waals surface area contributed by atoms with Gasteiger partial charge in [-0.15, -0.1) is 6.58 Å². The highest BCUT2D eigenvalue weighted by atomic mass is 15.2. The summed E-state index contributed by atoms with van der Waals surface area (Å²) in [6.07, 6.45) is 4.48. The average molecular weight is 214 g/mol. The molecule has 2 aliphatic carbocycles. The number of nitrogens with one attached hydrogen (secondary N) is 1. The number of hydrazine groups is 1. The second kappa shape index (κ2) is 3.72. The molecule has 0 bridgehead atoms. The Bertz CT molecular complexity index is 413. The minimum atomic E-state index is 0.265. The topological polar surface area (TPSA) is 38.0 Å². The summed E-state index contributed by atoms with van der Waals surface area (Å²) in [6, 6.07) is 9.10. The minimum absolute atomic E-state index is 0.265. The van der Waals surface area contributed by atoms with Crippen molar-refractivity contribution in [3.8, 4) is 0 Å². The van der Waals surface area contributed by atoms with Crippen LogP contribution < -0.4 is 11.3 Å². The van der Waals surface area contributed by atoms with Crippen molar-refractivity contribution in [1.82, 2.24) is 5.43 Å². The van der Waals surface area contributed by atoms with Gasteiger partial charge in [0.25, 0.3) is 0 Å². The summed E-state index contributed by atoms with van der Waals surface area (Å²) >= 11 is 0. The van der Waals surface area contributed by atoms with Gasteiger partial charge in [-0.3, -0.25) is 11.3 Å². The molecular formula is C14H18N2. The maximum atomic E-state index is 5.58. The van der Waals surface area contributed by atoms with Crippen molar-refractivity contribution in [3.05, 3.63) is 48.0 Å². The van der Waals surface area contributed by atoms with Crippen LogP contribution in [-0.2, 0) is 6.42 Å². The van der Waals surface area contributed by atoms with E-state index in [0.29, 0.717) is 11.8 Å². The first-order valence-electron chi connectivity index (χ1n) is 6.03. The fourth-order valence-electron chi connectivity index (χ4n) is 3.45. The van der Waals surface area contributed by atoms with Crippen LogP contribution in [0.25, 0.3) is 0 Å². The van der Waals surface area contributed by atoms with Gasteiger partial charge in [-0.2, -0.15) is 0 Å². The fraction of sp³-hybridized carbons (Fsp3) is 0.429. The van der Waals surface area contributed by atoms with E-state index in [2.05, 4.69) is 36.3 Å². The lowest BCUT2D eigenvalue weighted by Gasteiger charge is -2.13. The summed E-state index contributed by atoms with van der Waals surface area (Å²) in [5.74, 6) is 7.76. The van der Waals surface area contributed by atoms with E-state index < -0.39 is 0 Å². The molecule has 0 heterocycles. The average Bonchev–Trinajstić information content (AvgIpc) is 3.06. The zero-order valence-corrected chi connectivity index (χ0v) is 9.39. The molecule has 2 nitrogen and oxygen atoms in total. The Labute approximate surface area is 96.5 Å². The first-order chi connectivity index (χ1) is 7.86. The standard InChI is InChI=1S/C14H18N2/c1-2-12(16-15)14-11-8-7-9-5-3-4-6-10(9)13(11)14/h2-6,11-14,16H,1,7-8,15H2. The molecule has 16 heavy (non-hydrogen) atoms. The van der Waals surface area contributed by atoms with Gasteiger partial charge in [0.15, 0.2) is 0 Å². The predicted octanol–water partition coefficient (Wildman–Crippen LogP) is 1.98. The number of nitrogens with two attached hydrogens (primary N) is 1. The van der Waals surface area contributed by atoms with E-state index in [4.69, 9.17) is 5.84 Å². The highest BCUT2D eigenvalue weighted by molar-refractivity contribution is 5.40. The SMILES string of the molecule is C=CC(NN)C1C2CCc3ccccc3C21. The largest absolute Gasteiger partial charge is 0.271 e. The second-order valence-electron chi connectivity index (χ2n) is 4.93. The molecule has 2 aliphatic rings. The molecule has 0 spiro atoms. The highest BCUT2D eigenvalue weighted by Gasteiger charge is 2.55. The molecular weight excluding hydrogens is 196 g/mol. The van der Waals surface area contributed by atoms with Crippen LogP contribution in [0.15, 0.2) is 36.9 Å². The van der Waals surface area contributed by atoms with Crippen LogP contribution in [0, 0.1) is 11.8 Å². The van der Waals surface area contributed by atoms with Crippen LogP contribution in [-0.4, -0.2) is 6.04 Å². The van der Waals surface area contributed by atoms with E-state index in [1.807, 2.05) is 6.08 Å². The number of hydrogen-bond acceptors (Lipinski definition) is 2. The normalized spacial score (nSPS) is 32.4. The first kappa shape index (κ1) is 10.1. The Morgan fingerprint density at radius 3 is 3.00 bits per heavy atom. The lowest BCUT2D eigenvalue weighted by atomic mass is 9.92. The van der Waals surface area contributed by atoms with Crippen molar-refractivity contribution >= 4 is 0 Å². The van der Waals surface area contributed by atoms with Crippen molar-refractivity contribution < 1.29 is 0 Å². The highest BCUT2D eigenvalue weighted by Crippen LogP contribution is 2.61. The number of rotatable bonds is 3. The van der Waals surface area contributed by atoms with Crippen molar-refractivity contribution in [2.75, 3.05) is 0 Å². The third kappa shape index (κ3) is 1.34. The molecule has 1 fully saturated rings. The molecule has 0 radical (unpaired) electrons. The monoisotopic (exact) mass is 214 g/mol. The van der Waals surface area contributed by atoms with E-state index in [1.54, 1.807) is 5.56 Å². The lowest BCUT2D eigenvalue weighted by molar-refractivity contribution is 0.514. The molecule has 1 saturated carbocycles. The van der Waals surface area contributed by atoms with Gasteiger partial charge in [0.2, 0.25) is 0 Å². The zero-order valence-electron chi connectivity index (χ0n) is 9.39. The number of fused-ring (bicyclic) bond motifs is 3. The number of benzene rings is 1. The van der Waals surface area contributed by atoms with E-state index in [-0.39, 0.29) is 6.04 Å². The third-order valence-corrected chi connectivity index (χ3v) is 4.25. The number of hydrogen-bond donors (Lipinski definition) is 2. The molecule has 1 aromatic carbocycles. The molecule has 3 rings (SSSR count). The van der Waals surface area contributed by atoms with Gasteiger partial charge >= 0.3 is 0 Å². The second-order valence-corrected chi connectivity index (χ2v) is 4.93. The van der Waals surface area contributed by atoms with Gasteiger partial charge < -0.3 is 0 Å². The molecule has 1 aromatic rings. The Hall–Kier alpha value is -1.12. The molecule has 0 aliphatic heterocycles. The van der Waals surface area contributed by atoms with E-state index >= 15 is 0 Å². The van der Waals surface area contributed by atoms with Gasteiger partial charge in [-0.05, 0) is 41.7 Å². The Balaban J connectivity index is 1.89. The molecule has 84 valence electrons. The van der Waals surface area contributed by atoms with Crippen LogP contribution in [0.1, 0.15) is 23.5 Å². The summed E-state index contributed by atoms with van der Waals surface area (Å²) in [4.78, 5) is 0. The van der Waals surface area contributed by atoms with Crippen LogP contribution in [0.5, 0.6) is 0 Å². The lowest BCUT2D eigenvalue weighted by Crippen LogP contribution is -2.35. The number of aryl methyl sites for hydroxylation is 1. The van der Waals surface area contributed by atoms with Gasteiger partial charge in [-0.25, -0.2) is 0 Å². The zero-order chi connectivity index (χ0) is 11.1. The molecule has 4 atom stereocenters. The van der Waals surface area contributed by atoms with Gasteiger partial charge in [0, 0.05) is 6.04 Å².